The third-order valence-electron chi connectivity index (χ3n) is 5.60. The zero-order valence-electron chi connectivity index (χ0n) is 16.4. The number of hydrogen-bond acceptors (Lipinski definition) is 6. The topological polar surface area (TPSA) is 70.7 Å². The minimum Gasteiger partial charge on any atom is -0.496 e. The van der Waals surface area contributed by atoms with Crippen molar-refractivity contribution in [3.8, 4) is 5.75 Å². The summed E-state index contributed by atoms with van der Waals surface area (Å²) in [6.45, 7) is 3.77. The molecule has 2 fully saturated rings. The number of nitrogens with zero attached hydrogens (tertiary/aromatic N) is 3. The molecule has 2 aromatic rings. The fourth-order valence-corrected chi connectivity index (χ4v) is 4.14. The Bertz CT molecular complexity index is 848. The van der Waals surface area contributed by atoms with Gasteiger partial charge in [-0.25, -0.2) is 0 Å². The van der Waals surface area contributed by atoms with Crippen LogP contribution in [-0.2, 0) is 11.2 Å². The van der Waals surface area contributed by atoms with E-state index in [1.54, 1.807) is 13.2 Å². The highest BCUT2D eigenvalue weighted by atomic mass is 16.5. The lowest BCUT2D eigenvalue weighted by Gasteiger charge is -2.37. The van der Waals surface area contributed by atoms with Gasteiger partial charge >= 0.3 is 0 Å². The molecule has 28 heavy (non-hydrogen) atoms. The number of benzene rings is 1. The molecule has 1 N–H and O–H groups in total. The van der Waals surface area contributed by atoms with E-state index in [0.29, 0.717) is 19.2 Å². The van der Waals surface area contributed by atoms with Crippen LogP contribution in [0, 0.1) is 0 Å². The molecule has 1 aromatic heterocycles. The summed E-state index contributed by atoms with van der Waals surface area (Å²) in [5.41, 5.74) is 1.08. The minimum atomic E-state index is -0.104. The first-order chi connectivity index (χ1) is 13.7. The standard InChI is InChI=1S/C21H28N4O3/c1-27-18-8-3-2-6-16(18)14-17-7-4-5-9-25(17)21-22-19(15-20(26)23-21)24-10-12-28-13-11-24/h2-3,6,8,15,17H,4-5,7,9-14H2,1H3,(H,22,23,26)/t17-/m0/s1. The number of hydrogen-bond donors (Lipinski definition) is 1. The summed E-state index contributed by atoms with van der Waals surface area (Å²) in [7, 11) is 1.71. The number of rotatable bonds is 5. The Morgan fingerprint density at radius 1 is 1.21 bits per heavy atom. The Labute approximate surface area is 165 Å². The molecule has 0 amide bonds. The number of ether oxygens (including phenoxy) is 2. The van der Waals surface area contributed by atoms with Crippen molar-refractivity contribution < 1.29 is 9.47 Å². The zero-order chi connectivity index (χ0) is 19.3. The van der Waals surface area contributed by atoms with Crippen LogP contribution in [0.1, 0.15) is 24.8 Å². The summed E-state index contributed by atoms with van der Waals surface area (Å²) in [5.74, 6) is 2.33. The normalized spacial score (nSPS) is 20.2. The summed E-state index contributed by atoms with van der Waals surface area (Å²) in [6.07, 6.45) is 4.23. The molecule has 2 saturated heterocycles. The molecular weight excluding hydrogens is 356 g/mol. The van der Waals surface area contributed by atoms with Crippen LogP contribution in [0.15, 0.2) is 35.1 Å². The smallest absolute Gasteiger partial charge is 0.254 e. The fraction of sp³-hybridized carbons (Fsp3) is 0.524. The molecule has 4 rings (SSSR count). The van der Waals surface area contributed by atoms with E-state index in [9.17, 15) is 4.79 Å². The van der Waals surface area contributed by atoms with Gasteiger partial charge in [-0.15, -0.1) is 0 Å². The van der Waals surface area contributed by atoms with Crippen molar-refractivity contribution >= 4 is 11.8 Å². The lowest BCUT2D eigenvalue weighted by atomic mass is 9.95. The van der Waals surface area contributed by atoms with Crippen molar-refractivity contribution in [2.45, 2.75) is 31.7 Å². The second-order valence-corrected chi connectivity index (χ2v) is 7.39. The molecule has 1 aromatic carbocycles. The Kier molecular flexibility index (Phi) is 5.81. The first-order valence-electron chi connectivity index (χ1n) is 10.1. The van der Waals surface area contributed by atoms with Crippen LogP contribution in [0.25, 0.3) is 0 Å². The van der Waals surface area contributed by atoms with Crippen LogP contribution in [-0.4, -0.2) is 56.0 Å². The average molecular weight is 384 g/mol. The highest BCUT2D eigenvalue weighted by Gasteiger charge is 2.26. The van der Waals surface area contributed by atoms with E-state index in [-0.39, 0.29) is 11.6 Å². The number of morpholine rings is 1. The van der Waals surface area contributed by atoms with Gasteiger partial charge in [0.1, 0.15) is 11.6 Å². The van der Waals surface area contributed by atoms with Crippen LogP contribution in [0.5, 0.6) is 5.75 Å². The lowest BCUT2D eigenvalue weighted by molar-refractivity contribution is 0.122. The summed E-state index contributed by atoms with van der Waals surface area (Å²) < 4.78 is 11.0. The number of H-pyrrole nitrogens is 1. The van der Waals surface area contributed by atoms with Crippen molar-refractivity contribution in [2.75, 3.05) is 49.8 Å². The van der Waals surface area contributed by atoms with Crippen LogP contribution >= 0.6 is 0 Å². The lowest BCUT2D eigenvalue weighted by Crippen LogP contribution is -2.43. The Balaban J connectivity index is 1.60. The number of methoxy groups -OCH3 is 1. The van der Waals surface area contributed by atoms with Gasteiger partial charge in [-0.3, -0.25) is 9.78 Å². The third-order valence-corrected chi connectivity index (χ3v) is 5.60. The quantitative estimate of drug-likeness (QED) is 0.852. The van der Waals surface area contributed by atoms with E-state index in [1.165, 1.54) is 12.0 Å². The number of para-hydroxylation sites is 1. The van der Waals surface area contributed by atoms with Crippen molar-refractivity contribution in [3.63, 3.8) is 0 Å². The molecule has 3 heterocycles. The fourth-order valence-electron chi connectivity index (χ4n) is 4.14. The van der Waals surface area contributed by atoms with Gasteiger partial charge < -0.3 is 19.3 Å². The number of anilines is 2. The number of piperidine rings is 1. The second kappa shape index (κ2) is 8.65. The molecule has 0 unspecified atom stereocenters. The van der Waals surface area contributed by atoms with E-state index < -0.39 is 0 Å². The van der Waals surface area contributed by atoms with Gasteiger partial charge in [-0.2, -0.15) is 4.98 Å². The Hall–Kier alpha value is -2.54. The van der Waals surface area contributed by atoms with Crippen molar-refractivity contribution in [1.29, 1.82) is 0 Å². The second-order valence-electron chi connectivity index (χ2n) is 7.39. The molecule has 2 aliphatic rings. The summed E-state index contributed by atoms with van der Waals surface area (Å²) >= 11 is 0. The Morgan fingerprint density at radius 3 is 2.86 bits per heavy atom. The van der Waals surface area contributed by atoms with E-state index in [4.69, 9.17) is 14.5 Å². The molecule has 0 radical (unpaired) electrons. The van der Waals surface area contributed by atoms with Gasteiger partial charge in [0.2, 0.25) is 5.95 Å². The van der Waals surface area contributed by atoms with E-state index >= 15 is 0 Å². The molecular formula is C21H28N4O3. The molecule has 150 valence electrons. The van der Waals surface area contributed by atoms with E-state index in [2.05, 4.69) is 20.9 Å². The predicted molar refractivity (Wildman–Crippen MR) is 110 cm³/mol. The van der Waals surface area contributed by atoms with Gasteiger partial charge in [0.15, 0.2) is 0 Å². The van der Waals surface area contributed by atoms with E-state index in [1.807, 2.05) is 18.2 Å². The third kappa shape index (κ3) is 4.14. The van der Waals surface area contributed by atoms with Crippen LogP contribution in [0.4, 0.5) is 11.8 Å². The minimum absolute atomic E-state index is 0.104. The summed E-state index contributed by atoms with van der Waals surface area (Å²) in [6, 6.07) is 10.0. The van der Waals surface area contributed by atoms with Gasteiger partial charge in [0.05, 0.1) is 20.3 Å². The van der Waals surface area contributed by atoms with Gasteiger partial charge in [0.25, 0.3) is 5.56 Å². The van der Waals surface area contributed by atoms with E-state index in [0.717, 1.165) is 50.5 Å². The molecule has 0 aliphatic carbocycles. The molecule has 2 aliphatic heterocycles. The molecule has 1 atom stereocenters. The number of aromatic nitrogens is 2. The first kappa shape index (κ1) is 18.8. The van der Waals surface area contributed by atoms with Crippen LogP contribution in [0.2, 0.25) is 0 Å². The predicted octanol–water partition coefficient (Wildman–Crippen LogP) is 2.22. The van der Waals surface area contributed by atoms with Crippen LogP contribution < -0.4 is 20.1 Å². The van der Waals surface area contributed by atoms with Crippen molar-refractivity contribution in [2.24, 2.45) is 0 Å². The van der Waals surface area contributed by atoms with Gasteiger partial charge in [0, 0.05) is 31.7 Å². The SMILES string of the molecule is COc1ccccc1C[C@@H]1CCCCN1c1nc(N2CCOCC2)cc(=O)[nH]1. The maximum atomic E-state index is 12.4. The molecule has 7 heteroatoms. The van der Waals surface area contributed by atoms with Gasteiger partial charge in [-0.05, 0) is 37.3 Å². The highest BCUT2D eigenvalue weighted by Crippen LogP contribution is 2.28. The molecule has 7 nitrogen and oxygen atoms in total. The highest BCUT2D eigenvalue weighted by molar-refractivity contribution is 5.45. The number of aromatic amines is 1. The monoisotopic (exact) mass is 384 g/mol. The van der Waals surface area contributed by atoms with Crippen LogP contribution in [0.3, 0.4) is 0 Å². The largest absolute Gasteiger partial charge is 0.496 e. The first-order valence-corrected chi connectivity index (χ1v) is 10.1. The Morgan fingerprint density at radius 2 is 2.04 bits per heavy atom. The average Bonchev–Trinajstić information content (AvgIpc) is 2.75. The van der Waals surface area contributed by atoms with Crippen molar-refractivity contribution in [1.82, 2.24) is 9.97 Å². The summed E-state index contributed by atoms with van der Waals surface area (Å²) in [5, 5.41) is 0. The van der Waals surface area contributed by atoms with Gasteiger partial charge in [-0.1, -0.05) is 18.2 Å². The molecule has 0 bridgehead atoms. The maximum Gasteiger partial charge on any atom is 0.254 e. The van der Waals surface area contributed by atoms with Crippen molar-refractivity contribution in [3.05, 3.63) is 46.2 Å². The maximum absolute atomic E-state index is 12.4. The summed E-state index contributed by atoms with van der Waals surface area (Å²) in [4.78, 5) is 24.5. The zero-order valence-corrected chi connectivity index (χ0v) is 16.4. The molecule has 0 spiro atoms. The number of nitrogens with one attached hydrogen (secondary N) is 1. The molecule has 0 saturated carbocycles.